The molecule has 0 amide bonds. The lowest BCUT2D eigenvalue weighted by Gasteiger charge is -2.24. The Bertz CT molecular complexity index is 313. The Morgan fingerprint density at radius 1 is 1.12 bits per heavy atom. The first-order valence-electron chi connectivity index (χ1n) is 5.94. The van der Waals surface area contributed by atoms with Crippen molar-refractivity contribution in [2.45, 2.75) is 19.2 Å². The van der Waals surface area contributed by atoms with Gasteiger partial charge in [0.05, 0.1) is 24.0 Å². The predicted molar refractivity (Wildman–Crippen MR) is 72.6 cm³/mol. The van der Waals surface area contributed by atoms with Crippen LogP contribution < -0.4 is 4.90 Å². The molecule has 4 nitrogen and oxygen atoms in total. The van der Waals surface area contributed by atoms with E-state index in [-0.39, 0.29) is 0 Å². The van der Waals surface area contributed by atoms with E-state index in [9.17, 15) is 0 Å². The van der Waals surface area contributed by atoms with E-state index < -0.39 is 0 Å². The average Bonchev–Trinajstić information content (AvgIpc) is 2.34. The smallest absolute Gasteiger partial charge is 0.147 e. The fourth-order valence-corrected chi connectivity index (χ4v) is 1.65. The Morgan fingerprint density at radius 3 is 2.35 bits per heavy atom. The van der Waals surface area contributed by atoms with Crippen LogP contribution in [0, 0.1) is 0 Å². The van der Waals surface area contributed by atoms with Crippen LogP contribution >= 0.6 is 11.6 Å². The molecular weight excluding hydrogens is 236 g/mol. The SMILES string of the molecule is CCCN(CCN(C)C)c1cnc(CCl)cn1. The minimum atomic E-state index is 0.415. The lowest BCUT2D eigenvalue weighted by molar-refractivity contribution is 0.412. The third-order valence-corrected chi connectivity index (χ3v) is 2.74. The standard InChI is InChI=1S/C12H21ClN4/c1-4-5-17(7-6-16(2)3)12-10-14-11(8-13)9-15-12/h9-10H,4-8H2,1-3H3. The van der Waals surface area contributed by atoms with Crippen molar-refractivity contribution in [3.8, 4) is 0 Å². The molecule has 5 heteroatoms. The van der Waals surface area contributed by atoms with Gasteiger partial charge in [-0.1, -0.05) is 6.92 Å². The average molecular weight is 257 g/mol. The second-order valence-corrected chi connectivity index (χ2v) is 4.56. The summed E-state index contributed by atoms with van der Waals surface area (Å²) in [6.45, 7) is 5.15. The van der Waals surface area contributed by atoms with Crippen LogP contribution in [0.1, 0.15) is 19.0 Å². The van der Waals surface area contributed by atoms with Crippen LogP contribution in [0.25, 0.3) is 0 Å². The molecule has 0 N–H and O–H groups in total. The summed E-state index contributed by atoms with van der Waals surface area (Å²) < 4.78 is 0. The summed E-state index contributed by atoms with van der Waals surface area (Å²) in [5, 5.41) is 0. The van der Waals surface area contributed by atoms with E-state index in [0.717, 1.165) is 37.6 Å². The van der Waals surface area contributed by atoms with E-state index in [0.29, 0.717) is 5.88 Å². The number of halogens is 1. The second-order valence-electron chi connectivity index (χ2n) is 4.29. The van der Waals surface area contributed by atoms with Gasteiger partial charge in [-0.25, -0.2) is 4.98 Å². The summed E-state index contributed by atoms with van der Waals surface area (Å²) in [6.07, 6.45) is 4.66. The maximum absolute atomic E-state index is 5.70. The molecule has 1 aromatic heterocycles. The lowest BCUT2D eigenvalue weighted by atomic mass is 10.4. The Kier molecular flexibility index (Phi) is 6.22. The van der Waals surface area contributed by atoms with E-state index in [2.05, 4.69) is 40.8 Å². The molecule has 0 saturated heterocycles. The molecule has 0 aliphatic rings. The van der Waals surface area contributed by atoms with Crippen molar-refractivity contribution in [2.75, 3.05) is 38.6 Å². The van der Waals surface area contributed by atoms with Gasteiger partial charge in [-0.3, -0.25) is 4.98 Å². The Balaban J connectivity index is 2.67. The molecule has 1 heterocycles. The number of nitrogens with zero attached hydrogens (tertiary/aromatic N) is 4. The molecule has 96 valence electrons. The van der Waals surface area contributed by atoms with Crippen molar-refractivity contribution in [3.05, 3.63) is 18.1 Å². The molecule has 0 aliphatic carbocycles. The van der Waals surface area contributed by atoms with Crippen LogP contribution in [-0.4, -0.2) is 48.6 Å². The largest absolute Gasteiger partial charge is 0.354 e. The van der Waals surface area contributed by atoms with E-state index in [1.807, 2.05) is 6.20 Å². The first-order chi connectivity index (χ1) is 8.17. The van der Waals surface area contributed by atoms with Gasteiger partial charge in [-0.05, 0) is 20.5 Å². The maximum atomic E-state index is 5.70. The molecular formula is C12H21ClN4. The maximum Gasteiger partial charge on any atom is 0.147 e. The number of rotatable bonds is 7. The van der Waals surface area contributed by atoms with Crippen LogP contribution in [-0.2, 0) is 5.88 Å². The topological polar surface area (TPSA) is 32.3 Å². The summed E-state index contributed by atoms with van der Waals surface area (Å²) in [5.74, 6) is 1.35. The molecule has 1 rings (SSSR count). The highest BCUT2D eigenvalue weighted by Crippen LogP contribution is 2.10. The van der Waals surface area contributed by atoms with Gasteiger partial charge < -0.3 is 9.80 Å². The summed E-state index contributed by atoms with van der Waals surface area (Å²) in [5.41, 5.74) is 0.819. The van der Waals surface area contributed by atoms with Gasteiger partial charge in [-0.2, -0.15) is 0 Å². The minimum Gasteiger partial charge on any atom is -0.354 e. The number of alkyl halides is 1. The van der Waals surface area contributed by atoms with E-state index >= 15 is 0 Å². The first kappa shape index (κ1) is 14.2. The zero-order chi connectivity index (χ0) is 12.7. The van der Waals surface area contributed by atoms with Gasteiger partial charge in [0.2, 0.25) is 0 Å². The van der Waals surface area contributed by atoms with Gasteiger partial charge in [0, 0.05) is 19.6 Å². The van der Waals surface area contributed by atoms with Gasteiger partial charge in [-0.15, -0.1) is 11.6 Å². The van der Waals surface area contributed by atoms with E-state index in [1.54, 1.807) is 6.20 Å². The monoisotopic (exact) mass is 256 g/mol. The Morgan fingerprint density at radius 2 is 1.88 bits per heavy atom. The fraction of sp³-hybridized carbons (Fsp3) is 0.667. The van der Waals surface area contributed by atoms with Crippen LogP contribution in [0.5, 0.6) is 0 Å². The highest BCUT2D eigenvalue weighted by atomic mass is 35.5. The number of hydrogen-bond acceptors (Lipinski definition) is 4. The highest BCUT2D eigenvalue weighted by Gasteiger charge is 2.07. The van der Waals surface area contributed by atoms with Crippen molar-refractivity contribution >= 4 is 17.4 Å². The van der Waals surface area contributed by atoms with Gasteiger partial charge in [0.15, 0.2) is 0 Å². The highest BCUT2D eigenvalue weighted by molar-refractivity contribution is 6.16. The zero-order valence-electron chi connectivity index (χ0n) is 10.9. The van der Waals surface area contributed by atoms with Crippen molar-refractivity contribution < 1.29 is 0 Å². The third-order valence-electron chi connectivity index (χ3n) is 2.46. The van der Waals surface area contributed by atoms with Crippen LogP contribution in [0.15, 0.2) is 12.4 Å². The number of anilines is 1. The molecule has 17 heavy (non-hydrogen) atoms. The molecule has 0 saturated carbocycles. The second kappa shape index (κ2) is 7.45. The number of hydrogen-bond donors (Lipinski definition) is 0. The number of likely N-dealkylation sites (N-methyl/N-ethyl adjacent to an activating group) is 1. The fourth-order valence-electron chi connectivity index (χ4n) is 1.51. The molecule has 0 aromatic carbocycles. The molecule has 0 aliphatic heterocycles. The predicted octanol–water partition coefficient (Wildman–Crippen LogP) is 1.99. The summed E-state index contributed by atoms with van der Waals surface area (Å²) in [4.78, 5) is 13.1. The summed E-state index contributed by atoms with van der Waals surface area (Å²) in [6, 6.07) is 0. The normalized spacial score (nSPS) is 10.9. The molecule has 0 radical (unpaired) electrons. The number of aromatic nitrogens is 2. The van der Waals surface area contributed by atoms with E-state index in [4.69, 9.17) is 11.6 Å². The van der Waals surface area contributed by atoms with Crippen LogP contribution in [0.2, 0.25) is 0 Å². The molecule has 0 fully saturated rings. The Hall–Kier alpha value is -0.870. The molecule has 0 bridgehead atoms. The van der Waals surface area contributed by atoms with Crippen molar-refractivity contribution in [1.82, 2.24) is 14.9 Å². The third kappa shape index (κ3) is 4.88. The molecule has 0 spiro atoms. The van der Waals surface area contributed by atoms with Crippen molar-refractivity contribution in [1.29, 1.82) is 0 Å². The van der Waals surface area contributed by atoms with Gasteiger partial charge in [0.1, 0.15) is 5.82 Å². The minimum absolute atomic E-state index is 0.415. The molecule has 0 unspecified atom stereocenters. The molecule has 0 atom stereocenters. The molecule has 1 aromatic rings. The van der Waals surface area contributed by atoms with Gasteiger partial charge in [0.25, 0.3) is 0 Å². The van der Waals surface area contributed by atoms with E-state index in [1.165, 1.54) is 0 Å². The quantitative estimate of drug-likeness (QED) is 0.699. The van der Waals surface area contributed by atoms with Gasteiger partial charge >= 0.3 is 0 Å². The lowest BCUT2D eigenvalue weighted by Crippen LogP contribution is -2.33. The van der Waals surface area contributed by atoms with Crippen molar-refractivity contribution in [2.24, 2.45) is 0 Å². The van der Waals surface area contributed by atoms with Crippen molar-refractivity contribution in [3.63, 3.8) is 0 Å². The first-order valence-corrected chi connectivity index (χ1v) is 6.47. The van der Waals surface area contributed by atoms with Crippen LogP contribution in [0.4, 0.5) is 5.82 Å². The van der Waals surface area contributed by atoms with Crippen LogP contribution in [0.3, 0.4) is 0 Å². The Labute approximate surface area is 109 Å². The summed E-state index contributed by atoms with van der Waals surface area (Å²) in [7, 11) is 4.15. The summed E-state index contributed by atoms with van der Waals surface area (Å²) >= 11 is 5.70. The zero-order valence-corrected chi connectivity index (χ0v) is 11.6.